The highest BCUT2D eigenvalue weighted by molar-refractivity contribution is 6.11. The summed E-state index contributed by atoms with van der Waals surface area (Å²) in [6.07, 6.45) is 0. The maximum absolute atomic E-state index is 8.94. The zero-order chi connectivity index (χ0) is 14.1. The van der Waals surface area contributed by atoms with E-state index in [9.17, 15) is 0 Å². The number of hydrogen-bond donors (Lipinski definition) is 1. The predicted octanol–water partition coefficient (Wildman–Crippen LogP) is 3.95. The van der Waals surface area contributed by atoms with Crippen LogP contribution in [0.5, 0.6) is 0 Å². The second-order valence-corrected chi connectivity index (χ2v) is 5.03. The van der Waals surface area contributed by atoms with Crippen molar-refractivity contribution in [3.05, 3.63) is 59.2 Å². The zero-order valence-corrected chi connectivity index (χ0v) is 11.7. The average molecular weight is 260 g/mol. The zero-order valence-electron chi connectivity index (χ0n) is 11.7. The Balaban J connectivity index is 2.51. The molecule has 0 saturated heterocycles. The molecular weight excluding hydrogens is 244 g/mol. The van der Waals surface area contributed by atoms with Crippen LogP contribution in [0.15, 0.2) is 42.5 Å². The minimum atomic E-state index is -0.112. The van der Waals surface area contributed by atoms with E-state index in [4.69, 9.17) is 5.11 Å². The molecule has 0 spiro atoms. The van der Waals surface area contributed by atoms with Gasteiger partial charge in [-0.25, -0.2) is 0 Å². The van der Waals surface area contributed by atoms with Gasteiger partial charge in [-0.1, -0.05) is 48.2 Å². The first-order valence-corrected chi connectivity index (χ1v) is 6.74. The Hall–Kier alpha value is -2.30. The number of fused-ring (bicyclic) bond motifs is 3. The van der Waals surface area contributed by atoms with Crippen molar-refractivity contribution in [3.8, 4) is 11.8 Å². The molecule has 0 atom stereocenters. The van der Waals surface area contributed by atoms with Crippen molar-refractivity contribution in [1.82, 2.24) is 0 Å². The van der Waals surface area contributed by atoms with Crippen LogP contribution in [-0.2, 0) is 0 Å². The van der Waals surface area contributed by atoms with E-state index in [1.165, 1.54) is 27.3 Å². The van der Waals surface area contributed by atoms with Crippen molar-refractivity contribution in [2.45, 2.75) is 13.8 Å². The first-order chi connectivity index (χ1) is 9.72. The molecule has 0 saturated carbocycles. The number of hydrogen-bond acceptors (Lipinski definition) is 1. The topological polar surface area (TPSA) is 20.2 Å². The molecule has 0 heterocycles. The summed E-state index contributed by atoms with van der Waals surface area (Å²) in [6.45, 7) is 4.16. The average Bonchev–Trinajstić information content (AvgIpc) is 2.48. The van der Waals surface area contributed by atoms with Gasteiger partial charge in [0.25, 0.3) is 0 Å². The van der Waals surface area contributed by atoms with Crippen LogP contribution in [0.4, 0.5) is 0 Å². The molecule has 98 valence electrons. The van der Waals surface area contributed by atoms with Crippen molar-refractivity contribution in [3.63, 3.8) is 0 Å². The quantitative estimate of drug-likeness (QED) is 0.479. The predicted molar refractivity (Wildman–Crippen MR) is 84.9 cm³/mol. The SMILES string of the molecule is Cc1ccc2c(cc(C#CCO)c3ccccc32)c1C. The van der Waals surface area contributed by atoms with Gasteiger partial charge in [0.15, 0.2) is 0 Å². The highest BCUT2D eigenvalue weighted by Crippen LogP contribution is 2.31. The van der Waals surface area contributed by atoms with Gasteiger partial charge in [0, 0.05) is 5.56 Å². The largest absolute Gasteiger partial charge is 0.384 e. The molecule has 0 aliphatic heterocycles. The van der Waals surface area contributed by atoms with Gasteiger partial charge in [-0.15, -0.1) is 0 Å². The summed E-state index contributed by atoms with van der Waals surface area (Å²) < 4.78 is 0. The molecular formula is C19H16O. The molecule has 0 fully saturated rings. The molecule has 0 unspecified atom stereocenters. The maximum atomic E-state index is 8.94. The Kier molecular flexibility index (Phi) is 3.18. The molecule has 3 aromatic carbocycles. The van der Waals surface area contributed by atoms with Crippen molar-refractivity contribution in [2.24, 2.45) is 0 Å². The molecule has 1 heteroatoms. The molecule has 0 bridgehead atoms. The highest BCUT2D eigenvalue weighted by Gasteiger charge is 2.07. The van der Waals surface area contributed by atoms with Crippen LogP contribution in [0.25, 0.3) is 21.5 Å². The van der Waals surface area contributed by atoms with Crippen LogP contribution in [-0.4, -0.2) is 11.7 Å². The highest BCUT2D eigenvalue weighted by atomic mass is 16.2. The maximum Gasteiger partial charge on any atom is 0.104 e. The van der Waals surface area contributed by atoms with Crippen molar-refractivity contribution in [2.75, 3.05) is 6.61 Å². The van der Waals surface area contributed by atoms with Crippen molar-refractivity contribution < 1.29 is 5.11 Å². The summed E-state index contributed by atoms with van der Waals surface area (Å²) in [4.78, 5) is 0. The standard InChI is InChI=1S/C19H16O/c1-13-9-10-18-17-8-4-3-7-16(17)15(6-5-11-20)12-19(18)14(13)2/h3-4,7-10,12,20H,11H2,1-2H3. The molecule has 0 amide bonds. The number of aliphatic hydroxyl groups is 1. The third kappa shape index (κ3) is 1.95. The Morgan fingerprint density at radius 3 is 2.35 bits per heavy atom. The van der Waals surface area contributed by atoms with Gasteiger partial charge in [0.2, 0.25) is 0 Å². The van der Waals surface area contributed by atoms with E-state index in [-0.39, 0.29) is 6.61 Å². The molecule has 20 heavy (non-hydrogen) atoms. The second kappa shape index (κ2) is 5.00. The van der Waals surface area contributed by atoms with Gasteiger partial charge >= 0.3 is 0 Å². The number of rotatable bonds is 0. The first-order valence-electron chi connectivity index (χ1n) is 6.74. The van der Waals surface area contributed by atoms with E-state index in [0.29, 0.717) is 0 Å². The summed E-state index contributed by atoms with van der Waals surface area (Å²) in [6, 6.07) is 14.8. The lowest BCUT2D eigenvalue weighted by Gasteiger charge is -2.10. The minimum absolute atomic E-state index is 0.112. The van der Waals surface area contributed by atoms with E-state index < -0.39 is 0 Å². The molecule has 0 aromatic heterocycles. The fourth-order valence-electron chi connectivity index (χ4n) is 2.67. The first kappa shape index (κ1) is 12.7. The third-order valence-electron chi connectivity index (χ3n) is 3.88. The summed E-state index contributed by atoms with van der Waals surface area (Å²) in [5.74, 6) is 5.84. The Bertz CT molecular complexity index is 863. The van der Waals surface area contributed by atoms with E-state index in [1.54, 1.807) is 0 Å². The lowest BCUT2D eigenvalue weighted by Crippen LogP contribution is -1.89. The van der Waals surface area contributed by atoms with E-state index in [1.807, 2.05) is 6.07 Å². The van der Waals surface area contributed by atoms with E-state index in [0.717, 1.165) is 10.9 Å². The number of benzene rings is 3. The van der Waals surface area contributed by atoms with Gasteiger partial charge < -0.3 is 5.11 Å². The van der Waals surface area contributed by atoms with Crippen molar-refractivity contribution >= 4 is 21.5 Å². The summed E-state index contributed by atoms with van der Waals surface area (Å²) in [7, 11) is 0. The smallest absolute Gasteiger partial charge is 0.104 e. The van der Waals surface area contributed by atoms with Gasteiger partial charge in [0.1, 0.15) is 6.61 Å². The second-order valence-electron chi connectivity index (χ2n) is 5.03. The van der Waals surface area contributed by atoms with Crippen LogP contribution in [0, 0.1) is 25.7 Å². The van der Waals surface area contributed by atoms with Crippen LogP contribution in [0.3, 0.4) is 0 Å². The minimum Gasteiger partial charge on any atom is -0.384 e. The molecule has 0 radical (unpaired) electrons. The van der Waals surface area contributed by atoms with Gasteiger partial charge in [-0.05, 0) is 52.6 Å². The fourth-order valence-corrected chi connectivity index (χ4v) is 2.67. The molecule has 3 aromatic rings. The van der Waals surface area contributed by atoms with Crippen LogP contribution in [0.1, 0.15) is 16.7 Å². The van der Waals surface area contributed by atoms with E-state index >= 15 is 0 Å². The van der Waals surface area contributed by atoms with Gasteiger partial charge in [-0.3, -0.25) is 0 Å². The normalized spacial score (nSPS) is 10.6. The fraction of sp³-hybridized carbons (Fsp3) is 0.158. The molecule has 1 nitrogen and oxygen atoms in total. The van der Waals surface area contributed by atoms with E-state index in [2.05, 4.69) is 62.1 Å². The Morgan fingerprint density at radius 2 is 1.60 bits per heavy atom. The number of aryl methyl sites for hydroxylation is 2. The summed E-state index contributed by atoms with van der Waals surface area (Å²) >= 11 is 0. The summed E-state index contributed by atoms with van der Waals surface area (Å²) in [5, 5.41) is 13.8. The van der Waals surface area contributed by atoms with Crippen LogP contribution >= 0.6 is 0 Å². The molecule has 1 N–H and O–H groups in total. The Morgan fingerprint density at radius 1 is 0.900 bits per heavy atom. The molecule has 0 aliphatic carbocycles. The summed E-state index contributed by atoms with van der Waals surface area (Å²) in [5.41, 5.74) is 3.56. The third-order valence-corrected chi connectivity index (χ3v) is 3.88. The van der Waals surface area contributed by atoms with Crippen LogP contribution in [0.2, 0.25) is 0 Å². The molecule has 3 rings (SSSR count). The van der Waals surface area contributed by atoms with Crippen molar-refractivity contribution in [1.29, 1.82) is 0 Å². The molecule has 0 aliphatic rings. The number of aliphatic hydroxyl groups excluding tert-OH is 1. The van der Waals surface area contributed by atoms with Crippen LogP contribution < -0.4 is 0 Å². The van der Waals surface area contributed by atoms with Gasteiger partial charge in [0.05, 0.1) is 0 Å². The Labute approximate surface area is 118 Å². The lowest BCUT2D eigenvalue weighted by atomic mass is 9.93. The lowest BCUT2D eigenvalue weighted by molar-refractivity contribution is 0.350. The van der Waals surface area contributed by atoms with Gasteiger partial charge in [-0.2, -0.15) is 0 Å². The monoisotopic (exact) mass is 260 g/mol.